The van der Waals surface area contributed by atoms with Crippen LogP contribution in [0.5, 0.6) is 0 Å². The van der Waals surface area contributed by atoms with Crippen molar-refractivity contribution in [2.24, 2.45) is 0 Å². The van der Waals surface area contributed by atoms with E-state index in [0.29, 0.717) is 23.0 Å². The summed E-state index contributed by atoms with van der Waals surface area (Å²) in [6.07, 6.45) is 2.71. The Labute approximate surface area is 119 Å². The van der Waals surface area contributed by atoms with Gasteiger partial charge in [-0.2, -0.15) is 0 Å². The van der Waals surface area contributed by atoms with Crippen LogP contribution >= 0.6 is 11.6 Å². The molecule has 0 bridgehead atoms. The third-order valence-electron chi connectivity index (χ3n) is 2.74. The Hall–Kier alpha value is -1.26. The summed E-state index contributed by atoms with van der Waals surface area (Å²) in [6.45, 7) is 4.45. The maximum atomic E-state index is 11.9. The highest BCUT2D eigenvalue weighted by molar-refractivity contribution is 6.34. The van der Waals surface area contributed by atoms with Crippen molar-refractivity contribution in [3.63, 3.8) is 0 Å². The molecular weight excluding hydrogens is 264 g/mol. The molecule has 1 amide bonds. The Balaban J connectivity index is 2.45. The first kappa shape index (κ1) is 15.8. The lowest BCUT2D eigenvalue weighted by molar-refractivity contribution is -0.126. The van der Waals surface area contributed by atoms with Gasteiger partial charge in [0.2, 0.25) is 0 Å². The molecule has 0 aliphatic heterocycles. The highest BCUT2D eigenvalue weighted by Crippen LogP contribution is 2.24. The van der Waals surface area contributed by atoms with Gasteiger partial charge in [-0.05, 0) is 31.5 Å². The molecule has 1 aromatic rings. The van der Waals surface area contributed by atoms with E-state index in [4.69, 9.17) is 22.1 Å². The van der Waals surface area contributed by atoms with Gasteiger partial charge in [0, 0.05) is 12.3 Å². The molecular formula is C14H21ClN2O2. The van der Waals surface area contributed by atoms with E-state index in [1.165, 1.54) is 0 Å². The minimum Gasteiger partial charge on any atom is -0.399 e. The first-order valence-corrected chi connectivity index (χ1v) is 6.90. The number of rotatable bonds is 7. The average molecular weight is 285 g/mol. The number of unbranched alkanes of at least 4 members (excludes halogenated alkanes) is 2. The number of anilines is 2. The lowest BCUT2D eigenvalue weighted by atomic mass is 10.2. The second kappa shape index (κ2) is 8.02. The Morgan fingerprint density at radius 2 is 2.21 bits per heavy atom. The number of carbonyl (C=O) groups excluding carboxylic acids is 1. The van der Waals surface area contributed by atoms with Gasteiger partial charge in [-0.15, -0.1) is 0 Å². The topological polar surface area (TPSA) is 64.3 Å². The fourth-order valence-corrected chi connectivity index (χ4v) is 1.79. The van der Waals surface area contributed by atoms with Crippen molar-refractivity contribution in [2.45, 2.75) is 39.2 Å². The third kappa shape index (κ3) is 5.49. The number of hydrogen-bond donors (Lipinski definition) is 2. The molecule has 4 nitrogen and oxygen atoms in total. The molecule has 5 heteroatoms. The fourth-order valence-electron chi connectivity index (χ4n) is 1.55. The van der Waals surface area contributed by atoms with Gasteiger partial charge in [-0.25, -0.2) is 0 Å². The van der Waals surface area contributed by atoms with Crippen molar-refractivity contribution in [1.82, 2.24) is 0 Å². The Morgan fingerprint density at radius 3 is 2.84 bits per heavy atom. The minimum absolute atomic E-state index is 0.205. The van der Waals surface area contributed by atoms with Crippen molar-refractivity contribution in [2.75, 3.05) is 17.7 Å². The highest BCUT2D eigenvalue weighted by Gasteiger charge is 2.14. The maximum Gasteiger partial charge on any atom is 0.253 e. The van der Waals surface area contributed by atoms with Crippen molar-refractivity contribution in [3.05, 3.63) is 23.2 Å². The Bertz CT molecular complexity index is 424. The number of hydrogen-bond acceptors (Lipinski definition) is 3. The van der Waals surface area contributed by atoms with Crippen LogP contribution in [0.3, 0.4) is 0 Å². The van der Waals surface area contributed by atoms with Crippen LogP contribution in [-0.4, -0.2) is 18.6 Å². The van der Waals surface area contributed by atoms with Crippen molar-refractivity contribution >= 4 is 28.9 Å². The smallest absolute Gasteiger partial charge is 0.253 e. The van der Waals surface area contributed by atoms with Crippen molar-refractivity contribution < 1.29 is 9.53 Å². The molecule has 0 aromatic heterocycles. The van der Waals surface area contributed by atoms with E-state index in [9.17, 15) is 4.79 Å². The summed E-state index contributed by atoms with van der Waals surface area (Å²) < 4.78 is 5.46. The van der Waals surface area contributed by atoms with Crippen molar-refractivity contribution in [1.29, 1.82) is 0 Å². The summed E-state index contributed by atoms with van der Waals surface area (Å²) in [5, 5.41) is 3.15. The molecule has 0 heterocycles. The first-order valence-electron chi connectivity index (χ1n) is 6.52. The molecule has 0 radical (unpaired) electrons. The Kier molecular flexibility index (Phi) is 6.67. The predicted octanol–water partition coefficient (Wildman–Crippen LogP) is 3.46. The summed E-state index contributed by atoms with van der Waals surface area (Å²) in [6, 6.07) is 4.97. The molecule has 0 saturated heterocycles. The van der Waals surface area contributed by atoms with Gasteiger partial charge in [0.1, 0.15) is 6.10 Å². The maximum absolute atomic E-state index is 11.9. The van der Waals surface area contributed by atoms with E-state index in [2.05, 4.69) is 12.2 Å². The molecule has 1 unspecified atom stereocenters. The number of halogens is 1. The highest BCUT2D eigenvalue weighted by atomic mass is 35.5. The van der Waals surface area contributed by atoms with Crippen LogP contribution in [0.15, 0.2) is 18.2 Å². The standard InChI is InChI=1S/C14H21ClN2O2/c1-3-4-5-8-19-10(2)14(18)17-13-7-6-11(16)9-12(13)15/h6-7,9-10H,3-5,8,16H2,1-2H3,(H,17,18). The molecule has 0 spiro atoms. The van der Waals surface area contributed by atoms with Crippen molar-refractivity contribution in [3.8, 4) is 0 Å². The van der Waals surface area contributed by atoms with Crippen LogP contribution < -0.4 is 11.1 Å². The van der Waals surface area contributed by atoms with E-state index >= 15 is 0 Å². The molecule has 1 aromatic carbocycles. The Morgan fingerprint density at radius 1 is 1.47 bits per heavy atom. The lowest BCUT2D eigenvalue weighted by Crippen LogP contribution is -2.28. The van der Waals surface area contributed by atoms with Crippen LogP contribution in [0.25, 0.3) is 0 Å². The monoisotopic (exact) mass is 284 g/mol. The zero-order chi connectivity index (χ0) is 14.3. The van der Waals surface area contributed by atoms with Gasteiger partial charge in [0.15, 0.2) is 0 Å². The van der Waals surface area contributed by atoms with Gasteiger partial charge in [-0.1, -0.05) is 31.4 Å². The summed E-state index contributed by atoms with van der Waals surface area (Å²) in [5.41, 5.74) is 6.70. The van der Waals surface area contributed by atoms with Crippen LogP contribution in [0.1, 0.15) is 33.1 Å². The van der Waals surface area contributed by atoms with Gasteiger partial charge < -0.3 is 15.8 Å². The second-order valence-corrected chi connectivity index (χ2v) is 4.86. The molecule has 106 valence electrons. The summed E-state index contributed by atoms with van der Waals surface area (Å²) in [7, 11) is 0. The number of ether oxygens (including phenoxy) is 1. The fraction of sp³-hybridized carbons (Fsp3) is 0.500. The normalized spacial score (nSPS) is 12.2. The quantitative estimate of drug-likeness (QED) is 0.595. The van der Waals surface area contributed by atoms with E-state index in [0.717, 1.165) is 19.3 Å². The van der Waals surface area contributed by atoms with Crippen LogP contribution in [0, 0.1) is 0 Å². The number of nitrogen functional groups attached to an aromatic ring is 1. The van der Waals surface area contributed by atoms with E-state index in [1.54, 1.807) is 25.1 Å². The van der Waals surface area contributed by atoms with E-state index < -0.39 is 6.10 Å². The first-order chi connectivity index (χ1) is 9.04. The average Bonchev–Trinajstić information content (AvgIpc) is 2.37. The molecule has 0 aliphatic rings. The van der Waals surface area contributed by atoms with E-state index in [1.807, 2.05) is 0 Å². The van der Waals surface area contributed by atoms with Gasteiger partial charge in [-0.3, -0.25) is 4.79 Å². The lowest BCUT2D eigenvalue weighted by Gasteiger charge is -2.14. The molecule has 1 atom stereocenters. The molecule has 3 N–H and O–H groups in total. The molecule has 0 saturated carbocycles. The summed E-state index contributed by atoms with van der Waals surface area (Å²) in [4.78, 5) is 11.9. The number of carbonyl (C=O) groups is 1. The van der Waals surface area contributed by atoms with Crippen LogP contribution in [0.2, 0.25) is 5.02 Å². The predicted molar refractivity (Wildman–Crippen MR) is 79.4 cm³/mol. The molecule has 0 aliphatic carbocycles. The SMILES string of the molecule is CCCCCOC(C)C(=O)Nc1ccc(N)cc1Cl. The minimum atomic E-state index is -0.495. The largest absolute Gasteiger partial charge is 0.399 e. The molecule has 0 fully saturated rings. The third-order valence-corrected chi connectivity index (χ3v) is 3.05. The van der Waals surface area contributed by atoms with Crippen LogP contribution in [0.4, 0.5) is 11.4 Å². The number of nitrogens with one attached hydrogen (secondary N) is 1. The van der Waals surface area contributed by atoms with Crippen LogP contribution in [-0.2, 0) is 9.53 Å². The summed E-state index contributed by atoms with van der Waals surface area (Å²) >= 11 is 5.99. The van der Waals surface area contributed by atoms with E-state index in [-0.39, 0.29) is 5.91 Å². The summed E-state index contributed by atoms with van der Waals surface area (Å²) in [5.74, 6) is -0.205. The molecule has 1 rings (SSSR count). The van der Waals surface area contributed by atoms with Gasteiger partial charge in [0.05, 0.1) is 10.7 Å². The number of amides is 1. The zero-order valence-corrected chi connectivity index (χ0v) is 12.2. The van der Waals surface area contributed by atoms with Gasteiger partial charge in [0.25, 0.3) is 5.91 Å². The number of nitrogens with two attached hydrogens (primary N) is 1. The molecule has 19 heavy (non-hydrogen) atoms. The van der Waals surface area contributed by atoms with Gasteiger partial charge >= 0.3 is 0 Å². The number of benzene rings is 1. The zero-order valence-electron chi connectivity index (χ0n) is 11.4. The second-order valence-electron chi connectivity index (χ2n) is 4.45.